The number of halogens is 1. The second-order valence-electron chi connectivity index (χ2n) is 5.12. The number of aromatic nitrogens is 1. The summed E-state index contributed by atoms with van der Waals surface area (Å²) in [6.45, 7) is 0. The molecule has 5 heteroatoms. The van der Waals surface area contributed by atoms with Gasteiger partial charge in [0.2, 0.25) is 5.91 Å². The summed E-state index contributed by atoms with van der Waals surface area (Å²) in [7, 11) is 1.33. The maximum absolute atomic E-state index is 12.6. The summed E-state index contributed by atoms with van der Waals surface area (Å²) in [5.41, 5.74) is 2.01. The van der Waals surface area contributed by atoms with Gasteiger partial charge in [-0.15, -0.1) is 0 Å². The highest BCUT2D eigenvalue weighted by atomic mass is 79.9. The van der Waals surface area contributed by atoms with Crippen molar-refractivity contribution in [3.8, 4) is 0 Å². The van der Waals surface area contributed by atoms with E-state index in [9.17, 15) is 9.59 Å². The molecule has 1 aromatic heterocycles. The summed E-state index contributed by atoms with van der Waals surface area (Å²) in [6.07, 6.45) is 1.81. The van der Waals surface area contributed by atoms with Gasteiger partial charge in [0, 0.05) is 16.1 Å². The second kappa shape index (κ2) is 6.38. The molecule has 0 aliphatic carbocycles. The Morgan fingerprint density at radius 3 is 2.48 bits per heavy atom. The number of carbonyl (C=O) groups is 2. The van der Waals surface area contributed by atoms with E-state index >= 15 is 0 Å². The van der Waals surface area contributed by atoms with Gasteiger partial charge in [0.1, 0.15) is 0 Å². The van der Waals surface area contributed by atoms with Gasteiger partial charge in [-0.2, -0.15) is 0 Å². The first-order valence-electron chi connectivity index (χ1n) is 7.06. The summed E-state index contributed by atoms with van der Waals surface area (Å²) >= 11 is 3.37. The Morgan fingerprint density at radius 2 is 1.78 bits per heavy atom. The van der Waals surface area contributed by atoms with E-state index < -0.39 is 5.97 Å². The summed E-state index contributed by atoms with van der Waals surface area (Å²) in [4.78, 5) is 24.5. The fraction of sp³-hybridized carbons (Fsp3) is 0.111. The molecule has 1 heterocycles. The number of esters is 1. The van der Waals surface area contributed by atoms with Gasteiger partial charge in [-0.1, -0.05) is 46.3 Å². The van der Waals surface area contributed by atoms with Crippen LogP contribution in [0.4, 0.5) is 0 Å². The second-order valence-corrected chi connectivity index (χ2v) is 6.03. The van der Waals surface area contributed by atoms with Gasteiger partial charge < -0.3 is 4.74 Å². The number of ether oxygens (including phenoxy) is 1. The lowest BCUT2D eigenvalue weighted by molar-refractivity contribution is 0.0603. The zero-order valence-electron chi connectivity index (χ0n) is 12.5. The molecule has 0 atom stereocenters. The van der Waals surface area contributed by atoms with Gasteiger partial charge in [-0.25, -0.2) is 4.79 Å². The third-order valence-corrected chi connectivity index (χ3v) is 4.18. The fourth-order valence-corrected chi connectivity index (χ4v) is 2.78. The van der Waals surface area contributed by atoms with Crippen LogP contribution in [0.5, 0.6) is 0 Å². The van der Waals surface area contributed by atoms with Crippen molar-refractivity contribution in [1.29, 1.82) is 0 Å². The first-order valence-corrected chi connectivity index (χ1v) is 7.85. The van der Waals surface area contributed by atoms with E-state index in [2.05, 4.69) is 15.9 Å². The fourth-order valence-electron chi connectivity index (χ4n) is 2.52. The Hall–Kier alpha value is -2.40. The number of hydrogen-bond acceptors (Lipinski definition) is 3. The predicted octanol–water partition coefficient (Wildman–Crippen LogP) is 4.07. The van der Waals surface area contributed by atoms with Crippen LogP contribution in [-0.4, -0.2) is 23.6 Å². The molecule has 0 saturated heterocycles. The number of hydrogen-bond donors (Lipinski definition) is 0. The predicted molar refractivity (Wildman–Crippen MR) is 91.8 cm³/mol. The highest BCUT2D eigenvalue weighted by Gasteiger charge is 2.18. The first kappa shape index (κ1) is 15.5. The van der Waals surface area contributed by atoms with Crippen molar-refractivity contribution in [2.75, 3.05) is 7.11 Å². The molecule has 0 aliphatic heterocycles. The minimum atomic E-state index is -0.448. The zero-order valence-corrected chi connectivity index (χ0v) is 14.0. The van der Waals surface area contributed by atoms with Gasteiger partial charge in [-0.05, 0) is 23.8 Å². The molecule has 2 aromatic carbocycles. The molecular weight excluding hydrogens is 358 g/mol. The lowest BCUT2D eigenvalue weighted by Crippen LogP contribution is -2.12. The maximum Gasteiger partial charge on any atom is 0.340 e. The van der Waals surface area contributed by atoms with E-state index in [-0.39, 0.29) is 12.3 Å². The molecule has 0 fully saturated rings. The van der Waals surface area contributed by atoms with Crippen LogP contribution < -0.4 is 0 Å². The molecule has 0 amide bonds. The van der Waals surface area contributed by atoms with Crippen molar-refractivity contribution < 1.29 is 14.3 Å². The van der Waals surface area contributed by atoms with E-state index in [4.69, 9.17) is 4.74 Å². The number of fused-ring (bicyclic) bond motifs is 1. The average molecular weight is 372 g/mol. The van der Waals surface area contributed by atoms with Crippen LogP contribution in [0.3, 0.4) is 0 Å². The Balaban J connectivity index is 2.00. The lowest BCUT2D eigenvalue weighted by Gasteiger charge is -2.04. The topological polar surface area (TPSA) is 48.3 Å². The Labute approximate surface area is 141 Å². The number of carbonyl (C=O) groups excluding carboxylic acids is 2. The van der Waals surface area contributed by atoms with Crippen molar-refractivity contribution in [2.45, 2.75) is 6.42 Å². The SMILES string of the molecule is COC(=O)c1cn(C(=O)Cc2ccc(Br)cc2)c2ccccc12. The monoisotopic (exact) mass is 371 g/mol. The normalized spacial score (nSPS) is 10.7. The minimum Gasteiger partial charge on any atom is -0.465 e. The molecule has 116 valence electrons. The molecule has 0 saturated carbocycles. The summed E-state index contributed by atoms with van der Waals surface area (Å²) in [5.74, 6) is -0.546. The smallest absolute Gasteiger partial charge is 0.340 e. The Kier molecular flexibility index (Phi) is 4.30. The zero-order chi connectivity index (χ0) is 16.4. The van der Waals surface area contributed by atoms with Crippen molar-refractivity contribution in [2.24, 2.45) is 0 Å². The Bertz CT molecular complexity index is 881. The van der Waals surface area contributed by atoms with Gasteiger partial charge in [0.05, 0.1) is 24.6 Å². The van der Waals surface area contributed by atoms with Crippen LogP contribution in [0.2, 0.25) is 0 Å². The summed E-state index contributed by atoms with van der Waals surface area (Å²) in [6, 6.07) is 14.9. The van der Waals surface area contributed by atoms with E-state index in [1.54, 1.807) is 6.20 Å². The number of benzene rings is 2. The van der Waals surface area contributed by atoms with Crippen LogP contribution in [-0.2, 0) is 11.2 Å². The molecule has 4 nitrogen and oxygen atoms in total. The van der Waals surface area contributed by atoms with Gasteiger partial charge in [0.15, 0.2) is 0 Å². The van der Waals surface area contributed by atoms with Gasteiger partial charge in [-0.3, -0.25) is 9.36 Å². The molecule has 23 heavy (non-hydrogen) atoms. The first-order chi connectivity index (χ1) is 11.1. The van der Waals surface area contributed by atoms with Crippen molar-refractivity contribution >= 4 is 38.7 Å². The molecule has 0 radical (unpaired) electrons. The minimum absolute atomic E-state index is 0.0984. The molecule has 0 aliphatic rings. The largest absolute Gasteiger partial charge is 0.465 e. The molecule has 0 bridgehead atoms. The maximum atomic E-state index is 12.6. The molecule has 0 N–H and O–H groups in total. The van der Waals surface area contributed by atoms with Crippen LogP contribution in [0, 0.1) is 0 Å². The van der Waals surface area contributed by atoms with E-state index in [0.29, 0.717) is 16.5 Å². The standard InChI is InChI=1S/C18H14BrNO3/c1-23-18(22)15-11-20(16-5-3-2-4-14(15)16)17(21)10-12-6-8-13(19)9-7-12/h2-9,11H,10H2,1H3. The van der Waals surface area contributed by atoms with E-state index in [0.717, 1.165) is 10.0 Å². The van der Waals surface area contributed by atoms with Crippen LogP contribution in [0.1, 0.15) is 20.7 Å². The summed E-state index contributed by atoms with van der Waals surface area (Å²) in [5, 5.41) is 0.712. The number of rotatable bonds is 3. The van der Waals surface area contributed by atoms with Crippen LogP contribution in [0.25, 0.3) is 10.9 Å². The average Bonchev–Trinajstić information content (AvgIpc) is 2.96. The number of nitrogens with zero attached hydrogens (tertiary/aromatic N) is 1. The van der Waals surface area contributed by atoms with Crippen molar-refractivity contribution in [1.82, 2.24) is 4.57 Å². The number of para-hydroxylation sites is 1. The van der Waals surface area contributed by atoms with Gasteiger partial charge in [0.25, 0.3) is 0 Å². The summed E-state index contributed by atoms with van der Waals surface area (Å²) < 4.78 is 7.28. The lowest BCUT2D eigenvalue weighted by atomic mass is 10.1. The van der Waals surface area contributed by atoms with Crippen LogP contribution in [0.15, 0.2) is 59.2 Å². The van der Waals surface area contributed by atoms with Crippen molar-refractivity contribution in [3.63, 3.8) is 0 Å². The number of methoxy groups -OCH3 is 1. The highest BCUT2D eigenvalue weighted by Crippen LogP contribution is 2.22. The third kappa shape index (κ3) is 3.05. The van der Waals surface area contributed by atoms with Crippen LogP contribution >= 0.6 is 15.9 Å². The highest BCUT2D eigenvalue weighted by molar-refractivity contribution is 9.10. The molecule has 0 spiro atoms. The molecule has 0 unspecified atom stereocenters. The van der Waals surface area contributed by atoms with E-state index in [1.807, 2.05) is 48.5 Å². The molecule has 3 rings (SSSR count). The quantitative estimate of drug-likeness (QED) is 0.651. The van der Waals surface area contributed by atoms with Gasteiger partial charge >= 0.3 is 5.97 Å². The third-order valence-electron chi connectivity index (χ3n) is 3.65. The molecular formula is C18H14BrNO3. The van der Waals surface area contributed by atoms with Crippen molar-refractivity contribution in [3.05, 3.63) is 70.3 Å². The Morgan fingerprint density at radius 1 is 1.09 bits per heavy atom. The molecule has 3 aromatic rings. The van der Waals surface area contributed by atoms with E-state index in [1.165, 1.54) is 11.7 Å².